The van der Waals surface area contributed by atoms with E-state index in [1.807, 2.05) is 0 Å². The Balaban J connectivity index is 1.96. The summed E-state index contributed by atoms with van der Waals surface area (Å²) in [5, 5.41) is 0. The van der Waals surface area contributed by atoms with Gasteiger partial charge in [-0.2, -0.15) is 0 Å². The molecule has 2 rings (SSSR count). The van der Waals surface area contributed by atoms with Gasteiger partial charge in [0.1, 0.15) is 0 Å². The van der Waals surface area contributed by atoms with Crippen molar-refractivity contribution in [2.75, 3.05) is 19.6 Å². The summed E-state index contributed by atoms with van der Waals surface area (Å²) in [6.07, 6.45) is 5.42. The molecule has 0 aromatic heterocycles. The Morgan fingerprint density at radius 1 is 1.00 bits per heavy atom. The average molecular weight is 274 g/mol. The SMILES string of the molecule is CC(C)(C)c1ccc(C(N)CN2CCCCCC2)cc1. The molecule has 1 atom stereocenters. The van der Waals surface area contributed by atoms with Crippen molar-refractivity contribution in [3.63, 3.8) is 0 Å². The second-order valence-corrected chi connectivity index (χ2v) is 7.19. The van der Waals surface area contributed by atoms with Crippen LogP contribution in [0.5, 0.6) is 0 Å². The first-order valence-corrected chi connectivity index (χ1v) is 8.05. The third-order valence-electron chi connectivity index (χ3n) is 4.36. The van der Waals surface area contributed by atoms with Crippen LogP contribution in [0.25, 0.3) is 0 Å². The minimum Gasteiger partial charge on any atom is -0.323 e. The van der Waals surface area contributed by atoms with Gasteiger partial charge in [0.2, 0.25) is 0 Å². The zero-order chi connectivity index (χ0) is 14.6. The molecule has 1 aliphatic heterocycles. The van der Waals surface area contributed by atoms with Crippen LogP contribution in [0.4, 0.5) is 0 Å². The third-order valence-corrected chi connectivity index (χ3v) is 4.36. The van der Waals surface area contributed by atoms with E-state index in [0.717, 1.165) is 6.54 Å². The van der Waals surface area contributed by atoms with E-state index in [9.17, 15) is 0 Å². The average Bonchev–Trinajstić information content (AvgIpc) is 2.66. The van der Waals surface area contributed by atoms with Gasteiger partial charge in [-0.05, 0) is 42.5 Å². The molecule has 1 fully saturated rings. The molecule has 1 heterocycles. The van der Waals surface area contributed by atoms with Crippen LogP contribution < -0.4 is 5.73 Å². The lowest BCUT2D eigenvalue weighted by Gasteiger charge is -2.25. The molecule has 1 aromatic rings. The largest absolute Gasteiger partial charge is 0.323 e. The van der Waals surface area contributed by atoms with Crippen molar-refractivity contribution in [1.82, 2.24) is 4.90 Å². The standard InChI is InChI=1S/C18H30N2/c1-18(2,3)16-10-8-15(9-11-16)17(19)14-20-12-6-4-5-7-13-20/h8-11,17H,4-7,12-14,19H2,1-3H3. The fraction of sp³-hybridized carbons (Fsp3) is 0.667. The maximum atomic E-state index is 6.39. The highest BCUT2D eigenvalue weighted by Crippen LogP contribution is 2.24. The van der Waals surface area contributed by atoms with Crippen molar-refractivity contribution < 1.29 is 0 Å². The van der Waals surface area contributed by atoms with Crippen molar-refractivity contribution >= 4 is 0 Å². The maximum Gasteiger partial charge on any atom is 0.0424 e. The first kappa shape index (κ1) is 15.5. The topological polar surface area (TPSA) is 29.3 Å². The highest BCUT2D eigenvalue weighted by atomic mass is 15.1. The molecule has 112 valence electrons. The molecular weight excluding hydrogens is 244 g/mol. The van der Waals surface area contributed by atoms with E-state index in [4.69, 9.17) is 5.73 Å². The Kier molecular flexibility index (Phi) is 5.22. The Labute approximate surface area is 124 Å². The van der Waals surface area contributed by atoms with E-state index < -0.39 is 0 Å². The second kappa shape index (κ2) is 6.73. The van der Waals surface area contributed by atoms with E-state index in [1.165, 1.54) is 49.9 Å². The Bertz CT molecular complexity index is 394. The zero-order valence-electron chi connectivity index (χ0n) is 13.4. The first-order valence-electron chi connectivity index (χ1n) is 8.05. The van der Waals surface area contributed by atoms with Crippen LogP contribution in [0, 0.1) is 0 Å². The Morgan fingerprint density at radius 2 is 1.55 bits per heavy atom. The van der Waals surface area contributed by atoms with Crippen molar-refractivity contribution in [2.45, 2.75) is 57.9 Å². The molecule has 0 bridgehead atoms. The fourth-order valence-corrected chi connectivity index (χ4v) is 2.93. The Hall–Kier alpha value is -0.860. The molecule has 0 saturated carbocycles. The lowest BCUT2D eigenvalue weighted by Crippen LogP contribution is -2.33. The number of hydrogen-bond acceptors (Lipinski definition) is 2. The predicted octanol–water partition coefficient (Wildman–Crippen LogP) is 3.86. The number of rotatable bonds is 3. The molecule has 1 saturated heterocycles. The molecule has 0 amide bonds. The molecule has 2 N–H and O–H groups in total. The van der Waals surface area contributed by atoms with Crippen molar-refractivity contribution in [3.8, 4) is 0 Å². The summed E-state index contributed by atoms with van der Waals surface area (Å²) in [6, 6.07) is 9.03. The van der Waals surface area contributed by atoms with E-state index in [2.05, 4.69) is 49.9 Å². The molecule has 1 unspecified atom stereocenters. The van der Waals surface area contributed by atoms with Crippen LogP contribution >= 0.6 is 0 Å². The third kappa shape index (κ3) is 4.32. The number of nitrogens with two attached hydrogens (primary N) is 1. The smallest absolute Gasteiger partial charge is 0.0424 e. The number of likely N-dealkylation sites (tertiary alicyclic amines) is 1. The van der Waals surface area contributed by atoms with Crippen molar-refractivity contribution in [2.24, 2.45) is 5.73 Å². The van der Waals surface area contributed by atoms with E-state index >= 15 is 0 Å². The van der Waals surface area contributed by atoms with Crippen LogP contribution in [-0.4, -0.2) is 24.5 Å². The summed E-state index contributed by atoms with van der Waals surface area (Å²) in [5.74, 6) is 0. The number of hydrogen-bond donors (Lipinski definition) is 1. The minimum atomic E-state index is 0.141. The molecule has 1 aliphatic rings. The number of benzene rings is 1. The molecular formula is C18H30N2. The quantitative estimate of drug-likeness (QED) is 0.907. The summed E-state index contributed by atoms with van der Waals surface area (Å²) < 4.78 is 0. The summed E-state index contributed by atoms with van der Waals surface area (Å²) in [6.45, 7) is 10.2. The van der Waals surface area contributed by atoms with Gasteiger partial charge in [-0.25, -0.2) is 0 Å². The van der Waals surface area contributed by atoms with Gasteiger partial charge >= 0.3 is 0 Å². The fourth-order valence-electron chi connectivity index (χ4n) is 2.93. The highest BCUT2D eigenvalue weighted by molar-refractivity contribution is 5.29. The molecule has 0 radical (unpaired) electrons. The molecule has 2 nitrogen and oxygen atoms in total. The predicted molar refractivity (Wildman–Crippen MR) is 87.0 cm³/mol. The van der Waals surface area contributed by atoms with Crippen LogP contribution in [0.3, 0.4) is 0 Å². The summed E-state index contributed by atoms with van der Waals surface area (Å²) in [5.41, 5.74) is 9.25. The van der Waals surface area contributed by atoms with Gasteiger partial charge in [-0.15, -0.1) is 0 Å². The van der Waals surface area contributed by atoms with Gasteiger partial charge < -0.3 is 10.6 Å². The maximum absolute atomic E-state index is 6.39. The van der Waals surface area contributed by atoms with Gasteiger partial charge in [0, 0.05) is 12.6 Å². The van der Waals surface area contributed by atoms with Crippen LogP contribution in [-0.2, 0) is 5.41 Å². The molecule has 20 heavy (non-hydrogen) atoms. The van der Waals surface area contributed by atoms with Gasteiger partial charge in [0.25, 0.3) is 0 Å². The van der Waals surface area contributed by atoms with Gasteiger partial charge in [0.05, 0.1) is 0 Å². The normalized spacial score (nSPS) is 19.6. The summed E-state index contributed by atoms with van der Waals surface area (Å²) >= 11 is 0. The zero-order valence-corrected chi connectivity index (χ0v) is 13.4. The monoisotopic (exact) mass is 274 g/mol. The lowest BCUT2D eigenvalue weighted by molar-refractivity contribution is 0.268. The first-order chi connectivity index (χ1) is 9.47. The molecule has 1 aromatic carbocycles. The number of nitrogens with zero attached hydrogens (tertiary/aromatic N) is 1. The van der Waals surface area contributed by atoms with E-state index in [0.29, 0.717) is 0 Å². The van der Waals surface area contributed by atoms with Gasteiger partial charge in [0.15, 0.2) is 0 Å². The van der Waals surface area contributed by atoms with E-state index in [1.54, 1.807) is 0 Å². The van der Waals surface area contributed by atoms with E-state index in [-0.39, 0.29) is 11.5 Å². The Morgan fingerprint density at radius 3 is 2.05 bits per heavy atom. The highest BCUT2D eigenvalue weighted by Gasteiger charge is 2.16. The summed E-state index contributed by atoms with van der Waals surface area (Å²) in [4.78, 5) is 2.54. The van der Waals surface area contributed by atoms with Crippen LogP contribution in [0.2, 0.25) is 0 Å². The summed E-state index contributed by atoms with van der Waals surface area (Å²) in [7, 11) is 0. The van der Waals surface area contributed by atoms with Crippen LogP contribution in [0.15, 0.2) is 24.3 Å². The molecule has 0 aliphatic carbocycles. The lowest BCUT2D eigenvalue weighted by atomic mass is 9.86. The van der Waals surface area contributed by atoms with Gasteiger partial charge in [-0.1, -0.05) is 57.9 Å². The molecule has 2 heteroatoms. The van der Waals surface area contributed by atoms with Crippen molar-refractivity contribution in [1.29, 1.82) is 0 Å². The minimum absolute atomic E-state index is 0.141. The van der Waals surface area contributed by atoms with Gasteiger partial charge in [-0.3, -0.25) is 0 Å². The van der Waals surface area contributed by atoms with Crippen molar-refractivity contribution in [3.05, 3.63) is 35.4 Å². The van der Waals surface area contributed by atoms with Crippen LogP contribution in [0.1, 0.15) is 63.6 Å². The second-order valence-electron chi connectivity index (χ2n) is 7.19. The molecule has 0 spiro atoms.